The Morgan fingerprint density at radius 3 is 1.27 bits per heavy atom. The fourth-order valence-electron chi connectivity index (χ4n) is 4.27. The van der Waals surface area contributed by atoms with E-state index in [4.69, 9.17) is 0 Å². The minimum absolute atomic E-state index is 0.562. The number of aliphatic hydroxyl groups excluding tert-OH is 1. The maximum Gasteiger partial charge on any atom is 0.0768 e. The molecular formula is C29H28O. The molecule has 0 saturated carbocycles. The van der Waals surface area contributed by atoms with Crippen LogP contribution in [0.1, 0.15) is 35.3 Å². The number of aliphatic hydroxyl groups is 1. The summed E-state index contributed by atoms with van der Waals surface area (Å²) in [6.07, 6.45) is -0.562. The Bertz CT molecular complexity index is 1200. The minimum atomic E-state index is -0.562. The van der Waals surface area contributed by atoms with Crippen molar-refractivity contribution in [3.63, 3.8) is 0 Å². The molecule has 1 heteroatoms. The van der Waals surface area contributed by atoms with Gasteiger partial charge >= 0.3 is 0 Å². The third-order valence-corrected chi connectivity index (χ3v) is 5.95. The van der Waals surface area contributed by atoms with Crippen LogP contribution in [0, 0.1) is 20.8 Å². The summed E-state index contributed by atoms with van der Waals surface area (Å²) in [6.45, 7) is 8.29. The lowest BCUT2D eigenvalue weighted by Crippen LogP contribution is -2.00. The van der Waals surface area contributed by atoms with Crippen LogP contribution >= 0.6 is 0 Å². The SMILES string of the molecule is Cc1ccccc1-c1cc(-c2ccccc2C)c([C@H](C)O)cc1-c1ccccc1C. The molecule has 1 nitrogen and oxygen atoms in total. The average molecular weight is 393 g/mol. The van der Waals surface area contributed by atoms with E-state index in [2.05, 4.69) is 106 Å². The van der Waals surface area contributed by atoms with E-state index < -0.39 is 6.10 Å². The van der Waals surface area contributed by atoms with Crippen LogP contribution in [0.3, 0.4) is 0 Å². The minimum Gasteiger partial charge on any atom is -0.389 e. The lowest BCUT2D eigenvalue weighted by molar-refractivity contribution is 0.200. The molecule has 0 unspecified atom stereocenters. The summed E-state index contributed by atoms with van der Waals surface area (Å²) in [5, 5.41) is 10.7. The molecule has 150 valence electrons. The van der Waals surface area contributed by atoms with Gasteiger partial charge in [0.2, 0.25) is 0 Å². The van der Waals surface area contributed by atoms with Crippen molar-refractivity contribution < 1.29 is 5.11 Å². The van der Waals surface area contributed by atoms with Crippen molar-refractivity contribution in [2.24, 2.45) is 0 Å². The third kappa shape index (κ3) is 3.69. The van der Waals surface area contributed by atoms with Crippen molar-refractivity contribution in [2.45, 2.75) is 33.8 Å². The maximum absolute atomic E-state index is 10.7. The second kappa shape index (κ2) is 8.30. The molecule has 0 bridgehead atoms. The first kappa shape index (κ1) is 20.1. The van der Waals surface area contributed by atoms with Gasteiger partial charge in [-0.15, -0.1) is 0 Å². The standard InChI is InChI=1S/C29H28O/c1-19-11-5-8-14-23(19)27-18-29(25-16-10-7-13-21(25)3)28(17-26(27)22(4)30)24-15-9-6-12-20(24)2/h5-18,22,30H,1-4H3/t22-/m0/s1. The van der Waals surface area contributed by atoms with Crippen molar-refractivity contribution >= 4 is 0 Å². The van der Waals surface area contributed by atoms with E-state index in [9.17, 15) is 5.11 Å². The summed E-state index contributed by atoms with van der Waals surface area (Å²) >= 11 is 0. The summed E-state index contributed by atoms with van der Waals surface area (Å²) in [7, 11) is 0. The highest BCUT2D eigenvalue weighted by atomic mass is 16.3. The molecule has 1 N–H and O–H groups in total. The van der Waals surface area contributed by atoms with Gasteiger partial charge in [0.15, 0.2) is 0 Å². The number of hydrogen-bond acceptors (Lipinski definition) is 1. The van der Waals surface area contributed by atoms with Gasteiger partial charge in [-0.3, -0.25) is 0 Å². The van der Waals surface area contributed by atoms with Gasteiger partial charge in [-0.05, 0) is 95.5 Å². The van der Waals surface area contributed by atoms with Gasteiger partial charge in [-0.1, -0.05) is 72.8 Å². The van der Waals surface area contributed by atoms with Crippen molar-refractivity contribution in [3.05, 3.63) is 107 Å². The van der Waals surface area contributed by atoms with Crippen molar-refractivity contribution in [2.75, 3.05) is 0 Å². The molecule has 0 aliphatic heterocycles. The number of hydrogen-bond donors (Lipinski definition) is 1. The van der Waals surface area contributed by atoms with Gasteiger partial charge in [-0.2, -0.15) is 0 Å². The molecule has 0 radical (unpaired) electrons. The molecule has 0 heterocycles. The van der Waals surface area contributed by atoms with Crippen LogP contribution in [0.25, 0.3) is 33.4 Å². The Balaban J connectivity index is 2.11. The first-order valence-corrected chi connectivity index (χ1v) is 10.5. The van der Waals surface area contributed by atoms with E-state index in [1.807, 2.05) is 6.92 Å². The highest BCUT2D eigenvalue weighted by Crippen LogP contribution is 2.42. The third-order valence-electron chi connectivity index (χ3n) is 5.95. The Morgan fingerprint density at radius 1 is 0.500 bits per heavy atom. The fourth-order valence-corrected chi connectivity index (χ4v) is 4.27. The van der Waals surface area contributed by atoms with Crippen LogP contribution < -0.4 is 0 Å². The summed E-state index contributed by atoms with van der Waals surface area (Å²) in [4.78, 5) is 0. The van der Waals surface area contributed by atoms with Crippen LogP contribution in [0.4, 0.5) is 0 Å². The molecule has 0 fully saturated rings. The number of benzene rings is 4. The highest BCUT2D eigenvalue weighted by Gasteiger charge is 2.19. The quantitative estimate of drug-likeness (QED) is 0.378. The van der Waals surface area contributed by atoms with Gasteiger partial charge in [0.25, 0.3) is 0 Å². The lowest BCUT2D eigenvalue weighted by Gasteiger charge is -2.21. The van der Waals surface area contributed by atoms with Gasteiger partial charge < -0.3 is 5.11 Å². The first-order chi connectivity index (χ1) is 14.5. The Labute approximate surface area is 179 Å². The van der Waals surface area contributed by atoms with Crippen molar-refractivity contribution in [3.8, 4) is 33.4 Å². The molecule has 0 aliphatic rings. The maximum atomic E-state index is 10.7. The summed E-state index contributed by atoms with van der Waals surface area (Å²) < 4.78 is 0. The molecule has 4 rings (SSSR count). The predicted molar refractivity (Wildman–Crippen MR) is 128 cm³/mol. The van der Waals surface area contributed by atoms with Crippen LogP contribution in [-0.4, -0.2) is 5.11 Å². The summed E-state index contributed by atoms with van der Waals surface area (Å²) in [6, 6.07) is 29.9. The zero-order valence-corrected chi connectivity index (χ0v) is 18.1. The smallest absolute Gasteiger partial charge is 0.0768 e. The van der Waals surface area contributed by atoms with Crippen LogP contribution in [0.2, 0.25) is 0 Å². The van der Waals surface area contributed by atoms with Gasteiger partial charge in [0.05, 0.1) is 6.10 Å². The first-order valence-electron chi connectivity index (χ1n) is 10.5. The average Bonchev–Trinajstić information content (AvgIpc) is 2.74. The largest absolute Gasteiger partial charge is 0.389 e. The van der Waals surface area contributed by atoms with Gasteiger partial charge in [0, 0.05) is 0 Å². The van der Waals surface area contributed by atoms with Crippen molar-refractivity contribution in [1.29, 1.82) is 0 Å². The van der Waals surface area contributed by atoms with E-state index in [0.29, 0.717) is 0 Å². The monoisotopic (exact) mass is 392 g/mol. The second-order valence-electron chi connectivity index (χ2n) is 8.11. The molecule has 4 aromatic rings. The molecule has 0 saturated heterocycles. The molecular weight excluding hydrogens is 364 g/mol. The molecule has 4 aromatic carbocycles. The highest BCUT2D eigenvalue weighted by molar-refractivity contribution is 5.91. The molecule has 0 spiro atoms. The van der Waals surface area contributed by atoms with Gasteiger partial charge in [-0.25, -0.2) is 0 Å². The fraction of sp³-hybridized carbons (Fsp3) is 0.172. The second-order valence-corrected chi connectivity index (χ2v) is 8.11. The van der Waals surface area contributed by atoms with Crippen molar-refractivity contribution in [1.82, 2.24) is 0 Å². The van der Waals surface area contributed by atoms with E-state index in [1.54, 1.807) is 0 Å². The van der Waals surface area contributed by atoms with E-state index in [-0.39, 0.29) is 0 Å². The molecule has 0 aliphatic carbocycles. The lowest BCUT2D eigenvalue weighted by atomic mass is 9.84. The zero-order valence-electron chi connectivity index (χ0n) is 18.1. The Kier molecular flexibility index (Phi) is 5.57. The molecule has 30 heavy (non-hydrogen) atoms. The molecule has 0 amide bonds. The van der Waals surface area contributed by atoms with Crippen LogP contribution in [0.5, 0.6) is 0 Å². The Hall–Kier alpha value is -3.16. The Morgan fingerprint density at radius 2 is 0.867 bits per heavy atom. The zero-order chi connectivity index (χ0) is 21.3. The molecule has 0 aromatic heterocycles. The number of aryl methyl sites for hydroxylation is 3. The normalized spacial score (nSPS) is 12.0. The predicted octanol–water partition coefficient (Wildman–Crippen LogP) is 7.67. The van der Waals surface area contributed by atoms with E-state index >= 15 is 0 Å². The number of rotatable bonds is 4. The van der Waals surface area contributed by atoms with Gasteiger partial charge in [0.1, 0.15) is 0 Å². The van der Waals surface area contributed by atoms with Crippen LogP contribution in [-0.2, 0) is 0 Å². The molecule has 1 atom stereocenters. The van der Waals surface area contributed by atoms with E-state index in [0.717, 1.165) is 16.7 Å². The van der Waals surface area contributed by atoms with Crippen LogP contribution in [0.15, 0.2) is 84.9 Å². The topological polar surface area (TPSA) is 20.2 Å². The summed E-state index contributed by atoms with van der Waals surface area (Å²) in [5.74, 6) is 0. The summed E-state index contributed by atoms with van der Waals surface area (Å²) in [5.41, 5.74) is 11.7. The van der Waals surface area contributed by atoms with E-state index in [1.165, 1.54) is 38.9 Å².